The molecule has 0 aliphatic heterocycles. The molecule has 3 rings (SSSR count). The van der Waals surface area contributed by atoms with Gasteiger partial charge in [0.1, 0.15) is 11.5 Å². The maximum absolute atomic E-state index is 9.28. The average Bonchev–Trinajstić information content (AvgIpc) is 2.73. The lowest BCUT2D eigenvalue weighted by molar-refractivity contribution is 0.401. The number of ether oxygens (including phenoxy) is 2. The lowest BCUT2D eigenvalue weighted by atomic mass is 9.80. The molecule has 3 aromatic rings. The molecule has 4 nitrogen and oxygen atoms in total. The van der Waals surface area contributed by atoms with Gasteiger partial charge in [-0.15, -0.1) is 0 Å². The topological polar surface area (TPSA) is 66.0 Å². The molecule has 0 atom stereocenters. The van der Waals surface area contributed by atoms with Gasteiger partial charge in [-0.1, -0.05) is 59.7 Å². The smallest absolute Gasteiger partial charge is 0.173 e. The second kappa shape index (κ2) is 8.77. The van der Waals surface area contributed by atoms with Crippen molar-refractivity contribution in [2.24, 2.45) is 0 Å². The van der Waals surface area contributed by atoms with Crippen LogP contribution in [-0.2, 0) is 10.8 Å². The Morgan fingerprint density at radius 2 is 1.19 bits per heavy atom. The van der Waals surface area contributed by atoms with Gasteiger partial charge in [0, 0.05) is 5.56 Å². The molecule has 3 aromatic carbocycles. The highest BCUT2D eigenvalue weighted by Crippen LogP contribution is 2.45. The van der Waals surface area contributed by atoms with Gasteiger partial charge in [0.2, 0.25) is 0 Å². The van der Waals surface area contributed by atoms with Gasteiger partial charge in [0.05, 0.1) is 23.3 Å². The molecule has 0 heterocycles. The first-order valence-electron chi connectivity index (χ1n) is 10.6. The third-order valence-electron chi connectivity index (χ3n) is 5.10. The van der Waals surface area contributed by atoms with Gasteiger partial charge in [-0.25, -0.2) is 0 Å². The van der Waals surface area contributed by atoms with Crippen molar-refractivity contribution in [1.82, 2.24) is 0 Å². The summed E-state index contributed by atoms with van der Waals surface area (Å²) in [5.41, 5.74) is 2.83. The predicted octanol–water partition coefficient (Wildman–Crippen LogP) is 7.61. The second-order valence-electron chi connectivity index (χ2n) is 9.83. The molecule has 0 N–H and O–H groups in total. The fraction of sp³-hybridized carbons (Fsp3) is 0.286. The summed E-state index contributed by atoms with van der Waals surface area (Å²) in [6.07, 6.45) is 0. The summed E-state index contributed by atoms with van der Waals surface area (Å²) < 4.78 is 12.7. The Labute approximate surface area is 190 Å². The maximum Gasteiger partial charge on any atom is 0.173 e. The van der Waals surface area contributed by atoms with Gasteiger partial charge in [-0.3, -0.25) is 0 Å². The number of nitrogens with zero attached hydrogens (tertiary/aromatic N) is 2. The maximum atomic E-state index is 9.28. The second-order valence-corrected chi connectivity index (χ2v) is 9.83. The Morgan fingerprint density at radius 1 is 0.656 bits per heavy atom. The molecule has 0 unspecified atom stereocenters. The van der Waals surface area contributed by atoms with Crippen molar-refractivity contribution in [1.29, 1.82) is 10.5 Å². The van der Waals surface area contributed by atoms with E-state index in [1.165, 1.54) is 0 Å². The largest absolute Gasteiger partial charge is 0.453 e. The summed E-state index contributed by atoms with van der Waals surface area (Å²) in [5, 5.41) is 18.6. The highest BCUT2D eigenvalue weighted by atomic mass is 16.5. The van der Waals surface area contributed by atoms with Crippen molar-refractivity contribution in [3.63, 3.8) is 0 Å². The van der Waals surface area contributed by atoms with Gasteiger partial charge >= 0.3 is 0 Å². The minimum absolute atomic E-state index is 0.105. The zero-order valence-electron chi connectivity index (χ0n) is 19.5. The van der Waals surface area contributed by atoms with Gasteiger partial charge < -0.3 is 9.47 Å². The molecule has 0 spiro atoms. The standard InChI is InChI=1S/C28H28N2O2/c1-27(2,3)21-15-24(28(4,5)6)26(32-23-12-8-10-20(14-23)18-30)25(16-21)31-22-11-7-9-19(13-22)17-29/h7-16H,1-6H3. The number of benzene rings is 3. The Morgan fingerprint density at radius 3 is 1.66 bits per heavy atom. The zero-order chi connectivity index (χ0) is 23.5. The normalized spacial score (nSPS) is 11.4. The molecule has 162 valence electrons. The lowest BCUT2D eigenvalue weighted by Crippen LogP contribution is -2.18. The third-order valence-corrected chi connectivity index (χ3v) is 5.10. The van der Waals surface area contributed by atoms with E-state index in [2.05, 4.69) is 59.7 Å². The fourth-order valence-electron chi connectivity index (χ4n) is 3.28. The van der Waals surface area contributed by atoms with Crippen molar-refractivity contribution in [3.05, 3.63) is 82.9 Å². The van der Waals surface area contributed by atoms with Crippen LogP contribution in [0.3, 0.4) is 0 Å². The molecule has 0 amide bonds. The summed E-state index contributed by atoms with van der Waals surface area (Å²) >= 11 is 0. The summed E-state index contributed by atoms with van der Waals surface area (Å²) in [4.78, 5) is 0. The molecule has 32 heavy (non-hydrogen) atoms. The molecule has 0 bridgehead atoms. The van der Waals surface area contributed by atoms with Crippen LogP contribution in [0.25, 0.3) is 0 Å². The average molecular weight is 425 g/mol. The van der Waals surface area contributed by atoms with Crippen LogP contribution >= 0.6 is 0 Å². The van der Waals surface area contributed by atoms with Crippen molar-refractivity contribution < 1.29 is 9.47 Å². The molecular formula is C28H28N2O2. The summed E-state index contributed by atoms with van der Waals surface area (Å²) in [5.74, 6) is 2.29. The minimum Gasteiger partial charge on any atom is -0.453 e. The van der Waals surface area contributed by atoms with E-state index in [1.807, 2.05) is 18.2 Å². The molecule has 0 aromatic heterocycles. The first kappa shape index (κ1) is 22.9. The van der Waals surface area contributed by atoms with Crippen LogP contribution in [0.1, 0.15) is 63.8 Å². The van der Waals surface area contributed by atoms with Gasteiger partial charge in [0.15, 0.2) is 11.5 Å². The van der Waals surface area contributed by atoms with Crippen molar-refractivity contribution in [2.75, 3.05) is 0 Å². The van der Waals surface area contributed by atoms with E-state index in [1.54, 1.807) is 36.4 Å². The minimum atomic E-state index is -0.226. The van der Waals surface area contributed by atoms with Crippen LogP contribution in [0.15, 0.2) is 60.7 Å². The lowest BCUT2D eigenvalue weighted by Gasteiger charge is -2.29. The van der Waals surface area contributed by atoms with Gasteiger partial charge in [-0.05, 0) is 58.9 Å². The molecule has 0 aliphatic carbocycles. The van der Waals surface area contributed by atoms with Crippen molar-refractivity contribution in [2.45, 2.75) is 52.4 Å². The predicted molar refractivity (Wildman–Crippen MR) is 126 cm³/mol. The Balaban J connectivity index is 2.22. The Hall–Kier alpha value is -3.76. The molecule has 4 heteroatoms. The van der Waals surface area contributed by atoms with E-state index in [0.717, 1.165) is 11.1 Å². The molecule has 0 radical (unpaired) electrons. The van der Waals surface area contributed by atoms with Gasteiger partial charge in [0.25, 0.3) is 0 Å². The van der Waals surface area contributed by atoms with E-state index in [0.29, 0.717) is 34.1 Å². The highest BCUT2D eigenvalue weighted by molar-refractivity contribution is 5.57. The quantitative estimate of drug-likeness (QED) is 0.432. The Bertz CT molecular complexity index is 1220. The molecule has 0 aliphatic rings. The van der Waals surface area contributed by atoms with E-state index >= 15 is 0 Å². The first-order chi connectivity index (χ1) is 15.0. The Kier molecular flexibility index (Phi) is 6.28. The molecule has 0 fully saturated rings. The van der Waals surface area contributed by atoms with E-state index in [9.17, 15) is 10.5 Å². The number of hydrogen-bond donors (Lipinski definition) is 0. The number of hydrogen-bond acceptors (Lipinski definition) is 4. The monoisotopic (exact) mass is 424 g/mol. The van der Waals surface area contributed by atoms with E-state index in [-0.39, 0.29) is 10.8 Å². The summed E-state index contributed by atoms with van der Waals surface area (Å²) in [6.45, 7) is 12.9. The van der Waals surface area contributed by atoms with Crippen LogP contribution in [-0.4, -0.2) is 0 Å². The van der Waals surface area contributed by atoms with Crippen LogP contribution in [0, 0.1) is 22.7 Å². The van der Waals surface area contributed by atoms with Crippen molar-refractivity contribution >= 4 is 0 Å². The molecule has 0 saturated carbocycles. The van der Waals surface area contributed by atoms with E-state index < -0.39 is 0 Å². The number of rotatable bonds is 4. The van der Waals surface area contributed by atoms with E-state index in [4.69, 9.17) is 9.47 Å². The summed E-state index contributed by atoms with van der Waals surface area (Å²) in [6, 6.07) is 22.6. The molecular weight excluding hydrogens is 396 g/mol. The zero-order valence-corrected chi connectivity index (χ0v) is 19.5. The van der Waals surface area contributed by atoms with Crippen molar-refractivity contribution in [3.8, 4) is 35.1 Å². The third kappa shape index (κ3) is 5.29. The fourth-order valence-corrected chi connectivity index (χ4v) is 3.28. The number of nitriles is 2. The van der Waals surface area contributed by atoms with Crippen LogP contribution in [0.5, 0.6) is 23.0 Å². The van der Waals surface area contributed by atoms with Gasteiger partial charge in [-0.2, -0.15) is 10.5 Å². The SMILES string of the molecule is CC(C)(C)c1cc(Oc2cccc(C#N)c2)c(Oc2cccc(C#N)c2)c(C(C)(C)C)c1. The van der Waals surface area contributed by atoms with Crippen LogP contribution in [0.2, 0.25) is 0 Å². The molecule has 0 saturated heterocycles. The highest BCUT2D eigenvalue weighted by Gasteiger charge is 2.27. The van der Waals surface area contributed by atoms with Crippen LogP contribution < -0.4 is 9.47 Å². The summed E-state index contributed by atoms with van der Waals surface area (Å²) in [7, 11) is 0. The van der Waals surface area contributed by atoms with Crippen LogP contribution in [0.4, 0.5) is 0 Å². The first-order valence-corrected chi connectivity index (χ1v) is 10.6.